The Bertz CT molecular complexity index is 1240. The number of rotatable bonds is 10. The van der Waals surface area contributed by atoms with Gasteiger partial charge < -0.3 is 19.5 Å². The highest BCUT2D eigenvalue weighted by Crippen LogP contribution is 2.14. The van der Waals surface area contributed by atoms with Gasteiger partial charge in [0.1, 0.15) is 11.6 Å². The van der Waals surface area contributed by atoms with E-state index in [1.807, 2.05) is 48.5 Å². The van der Waals surface area contributed by atoms with Crippen molar-refractivity contribution in [2.75, 3.05) is 6.61 Å². The summed E-state index contributed by atoms with van der Waals surface area (Å²) in [5.41, 5.74) is 1.79. The molecule has 0 fully saturated rings. The average Bonchev–Trinajstić information content (AvgIpc) is 3.36. The summed E-state index contributed by atoms with van der Waals surface area (Å²) in [4.78, 5) is 27.0. The SMILES string of the molecule is O=C(NCc1ccc(F)cc1)c1cc(CN(Cc2ccccc2)C(=O)COc2ccccc2)on1. The number of nitrogens with zero attached hydrogens (tertiary/aromatic N) is 2. The van der Waals surface area contributed by atoms with Gasteiger partial charge in [0.25, 0.3) is 11.8 Å². The van der Waals surface area contributed by atoms with Crippen molar-refractivity contribution in [3.05, 3.63) is 119 Å². The van der Waals surface area contributed by atoms with Crippen molar-refractivity contribution in [2.45, 2.75) is 19.6 Å². The molecule has 1 N–H and O–H groups in total. The molecular formula is C27H24FN3O4. The van der Waals surface area contributed by atoms with E-state index in [2.05, 4.69) is 10.5 Å². The lowest BCUT2D eigenvalue weighted by atomic mass is 10.2. The summed E-state index contributed by atoms with van der Waals surface area (Å²) in [6.45, 7) is 0.529. The Kier molecular flexibility index (Phi) is 7.85. The predicted octanol–water partition coefficient (Wildman–Crippen LogP) is 4.35. The largest absolute Gasteiger partial charge is 0.484 e. The van der Waals surface area contributed by atoms with Gasteiger partial charge in [-0.3, -0.25) is 9.59 Å². The summed E-state index contributed by atoms with van der Waals surface area (Å²) in [6.07, 6.45) is 0. The van der Waals surface area contributed by atoms with Crippen LogP contribution in [0.5, 0.6) is 5.75 Å². The monoisotopic (exact) mass is 473 g/mol. The number of amides is 2. The zero-order valence-corrected chi connectivity index (χ0v) is 18.9. The Balaban J connectivity index is 1.39. The van der Waals surface area contributed by atoms with Crippen molar-refractivity contribution in [3.8, 4) is 5.75 Å². The maximum Gasteiger partial charge on any atom is 0.273 e. The molecule has 3 aromatic carbocycles. The fourth-order valence-corrected chi connectivity index (χ4v) is 3.35. The molecule has 0 spiro atoms. The van der Waals surface area contributed by atoms with E-state index in [1.165, 1.54) is 18.2 Å². The van der Waals surface area contributed by atoms with E-state index in [0.29, 0.717) is 18.1 Å². The molecular weight excluding hydrogens is 449 g/mol. The van der Waals surface area contributed by atoms with Gasteiger partial charge in [-0.1, -0.05) is 65.8 Å². The molecule has 0 atom stereocenters. The Morgan fingerprint density at radius 1 is 0.886 bits per heavy atom. The Morgan fingerprint density at radius 3 is 2.29 bits per heavy atom. The molecule has 4 rings (SSSR count). The van der Waals surface area contributed by atoms with Gasteiger partial charge in [0, 0.05) is 19.2 Å². The Morgan fingerprint density at radius 2 is 1.57 bits per heavy atom. The number of aromatic nitrogens is 1. The van der Waals surface area contributed by atoms with Crippen LogP contribution in [0, 0.1) is 5.82 Å². The normalized spacial score (nSPS) is 10.5. The first-order valence-corrected chi connectivity index (χ1v) is 11.0. The number of hydrogen-bond donors (Lipinski definition) is 1. The van der Waals surface area contributed by atoms with Crippen LogP contribution in [0.3, 0.4) is 0 Å². The minimum absolute atomic E-state index is 0.0924. The highest BCUT2D eigenvalue weighted by Gasteiger charge is 2.20. The van der Waals surface area contributed by atoms with Crippen molar-refractivity contribution >= 4 is 11.8 Å². The number of halogens is 1. The third-order valence-electron chi connectivity index (χ3n) is 5.18. The van der Waals surface area contributed by atoms with Gasteiger partial charge in [-0.2, -0.15) is 0 Å². The number of para-hydroxylation sites is 1. The first kappa shape index (κ1) is 23.7. The molecule has 0 saturated carbocycles. The van der Waals surface area contributed by atoms with Crippen LogP contribution in [-0.4, -0.2) is 28.5 Å². The first-order valence-electron chi connectivity index (χ1n) is 11.0. The van der Waals surface area contributed by atoms with Gasteiger partial charge in [-0.25, -0.2) is 4.39 Å². The highest BCUT2D eigenvalue weighted by molar-refractivity contribution is 5.92. The summed E-state index contributed by atoms with van der Waals surface area (Å²) in [5, 5.41) is 6.56. The maximum atomic E-state index is 13.0. The van der Waals surface area contributed by atoms with Crippen molar-refractivity contribution in [1.82, 2.24) is 15.4 Å². The third kappa shape index (κ3) is 7.01. The highest BCUT2D eigenvalue weighted by atomic mass is 19.1. The number of nitrogens with one attached hydrogen (secondary N) is 1. The quantitative estimate of drug-likeness (QED) is 0.370. The zero-order chi connectivity index (χ0) is 24.5. The van der Waals surface area contributed by atoms with Crippen LogP contribution < -0.4 is 10.1 Å². The molecule has 4 aromatic rings. The van der Waals surface area contributed by atoms with Crippen LogP contribution in [0.15, 0.2) is 95.5 Å². The van der Waals surface area contributed by atoms with E-state index in [4.69, 9.17) is 9.26 Å². The summed E-state index contributed by atoms with van der Waals surface area (Å²) >= 11 is 0. The van der Waals surface area contributed by atoms with E-state index in [0.717, 1.165) is 11.1 Å². The molecule has 8 heteroatoms. The van der Waals surface area contributed by atoms with Gasteiger partial charge in [0.05, 0.1) is 6.54 Å². The van der Waals surface area contributed by atoms with Crippen molar-refractivity contribution in [3.63, 3.8) is 0 Å². The topological polar surface area (TPSA) is 84.7 Å². The van der Waals surface area contributed by atoms with Crippen LogP contribution in [-0.2, 0) is 24.4 Å². The molecule has 35 heavy (non-hydrogen) atoms. The number of carbonyl (C=O) groups excluding carboxylic acids is 2. The zero-order valence-electron chi connectivity index (χ0n) is 18.9. The van der Waals surface area contributed by atoms with Crippen molar-refractivity contribution in [2.24, 2.45) is 0 Å². The number of ether oxygens (including phenoxy) is 1. The van der Waals surface area contributed by atoms with Crippen LogP contribution >= 0.6 is 0 Å². The Labute approximate surface area is 202 Å². The second kappa shape index (κ2) is 11.6. The van der Waals surface area contributed by atoms with E-state index in [9.17, 15) is 14.0 Å². The fraction of sp³-hybridized carbons (Fsp3) is 0.148. The number of benzene rings is 3. The lowest BCUT2D eigenvalue weighted by Gasteiger charge is -2.21. The van der Waals surface area contributed by atoms with Crippen LogP contribution in [0.25, 0.3) is 0 Å². The van der Waals surface area contributed by atoms with E-state index in [1.54, 1.807) is 29.2 Å². The first-order chi connectivity index (χ1) is 17.1. The smallest absolute Gasteiger partial charge is 0.273 e. The van der Waals surface area contributed by atoms with E-state index >= 15 is 0 Å². The molecule has 2 amide bonds. The standard InChI is InChI=1S/C27H24FN3O4/c28-22-13-11-20(12-14-22)16-29-27(33)25-15-24(35-30-25)18-31(17-21-7-3-1-4-8-21)26(32)19-34-23-9-5-2-6-10-23/h1-15H,16-19H2,(H,29,33). The molecule has 0 unspecified atom stereocenters. The van der Waals surface area contributed by atoms with Crippen LogP contribution in [0.1, 0.15) is 27.4 Å². The summed E-state index contributed by atoms with van der Waals surface area (Å²) in [7, 11) is 0. The molecule has 0 radical (unpaired) electrons. The average molecular weight is 474 g/mol. The van der Waals surface area contributed by atoms with Crippen molar-refractivity contribution in [1.29, 1.82) is 0 Å². The second-order valence-electron chi connectivity index (χ2n) is 7.82. The van der Waals surface area contributed by atoms with Gasteiger partial charge in [0.2, 0.25) is 0 Å². The minimum atomic E-state index is -0.433. The molecule has 178 valence electrons. The van der Waals surface area contributed by atoms with Crippen LogP contribution in [0.2, 0.25) is 0 Å². The number of carbonyl (C=O) groups is 2. The lowest BCUT2D eigenvalue weighted by Crippen LogP contribution is -2.34. The van der Waals surface area contributed by atoms with Crippen molar-refractivity contribution < 1.29 is 23.2 Å². The molecule has 0 aliphatic carbocycles. The molecule has 7 nitrogen and oxygen atoms in total. The van der Waals surface area contributed by atoms with E-state index < -0.39 is 5.91 Å². The van der Waals surface area contributed by atoms with Crippen LogP contribution in [0.4, 0.5) is 4.39 Å². The summed E-state index contributed by atoms with van der Waals surface area (Å²) in [5.74, 6) is -0.0553. The lowest BCUT2D eigenvalue weighted by molar-refractivity contribution is -0.135. The molecule has 0 bridgehead atoms. The summed E-state index contributed by atoms with van der Waals surface area (Å²) in [6, 6.07) is 26.0. The fourth-order valence-electron chi connectivity index (χ4n) is 3.35. The Hall–Kier alpha value is -4.46. The van der Waals surface area contributed by atoms with Gasteiger partial charge in [0.15, 0.2) is 18.1 Å². The van der Waals surface area contributed by atoms with Gasteiger partial charge >= 0.3 is 0 Å². The second-order valence-corrected chi connectivity index (χ2v) is 7.82. The predicted molar refractivity (Wildman–Crippen MR) is 127 cm³/mol. The van der Waals surface area contributed by atoms with E-state index in [-0.39, 0.29) is 37.1 Å². The molecule has 1 heterocycles. The molecule has 1 aromatic heterocycles. The molecule has 0 aliphatic heterocycles. The van der Waals surface area contributed by atoms with Gasteiger partial charge in [-0.05, 0) is 35.4 Å². The summed E-state index contributed by atoms with van der Waals surface area (Å²) < 4.78 is 24.0. The maximum absolute atomic E-state index is 13.0. The third-order valence-corrected chi connectivity index (χ3v) is 5.18. The molecule has 0 aliphatic rings. The van der Waals surface area contributed by atoms with Gasteiger partial charge in [-0.15, -0.1) is 0 Å². The number of hydrogen-bond acceptors (Lipinski definition) is 5. The minimum Gasteiger partial charge on any atom is -0.484 e. The molecule has 0 saturated heterocycles.